The number of benzene rings is 4. The van der Waals surface area contributed by atoms with Crippen LogP contribution in [0.5, 0.6) is 0 Å². The number of nitrogens with zero attached hydrogens (tertiary/aromatic N) is 2. The van der Waals surface area contributed by atoms with Crippen molar-refractivity contribution >= 4 is 45.9 Å². The summed E-state index contributed by atoms with van der Waals surface area (Å²) in [7, 11) is 0. The predicted octanol–water partition coefficient (Wildman–Crippen LogP) is 13.9. The standard InChI is InChI=1S/C44H10F20N4.Zn/c45-23-16(24(46)32(54)39(61)31(23)53)14-7-13-6-11-2-1-9(65-11)5-10-3-4-12(66-10)8-15-17(19-25(47)33(55)40(62)34(56)26(19)48)18(20-27(49)35(57)41(63)36(58)28(20)50)44(68-15)22(43(14)67-13)21-29(51)37(59)42(64)38(60)30(21)52;/h1-8,65,68H;. The molecule has 0 unspecified atom stereocenters. The summed E-state index contributed by atoms with van der Waals surface area (Å²) in [4.78, 5) is 12.7. The predicted molar refractivity (Wildman–Crippen MR) is 199 cm³/mol. The largest absolute Gasteiger partial charge is 0.355 e. The van der Waals surface area contributed by atoms with Crippen molar-refractivity contribution in [2.45, 2.75) is 0 Å². The van der Waals surface area contributed by atoms with Crippen LogP contribution in [0.1, 0.15) is 28.3 Å². The first kappa shape index (κ1) is 48.2. The molecule has 3 aromatic heterocycles. The number of aromatic nitrogens is 4. The summed E-state index contributed by atoms with van der Waals surface area (Å²) in [5.74, 6) is -58.8. The van der Waals surface area contributed by atoms with E-state index in [1.54, 1.807) is 0 Å². The quantitative estimate of drug-likeness (QED) is 0.0799. The molecule has 0 atom stereocenters. The number of halogens is 20. The maximum Gasteiger partial charge on any atom is 0.200 e. The number of H-pyrrole nitrogens is 2. The van der Waals surface area contributed by atoms with Crippen molar-refractivity contribution in [2.75, 3.05) is 0 Å². The zero-order valence-electron chi connectivity index (χ0n) is 32.8. The summed E-state index contributed by atoms with van der Waals surface area (Å²) < 4.78 is 310. The Morgan fingerprint density at radius 3 is 1.06 bits per heavy atom. The molecule has 348 valence electrons. The molecule has 0 saturated heterocycles. The van der Waals surface area contributed by atoms with Crippen molar-refractivity contribution in [3.8, 4) is 33.4 Å². The molecule has 7 aromatic rings. The molecule has 0 saturated carbocycles. The first-order valence-corrected chi connectivity index (χ1v) is 18.3. The minimum Gasteiger partial charge on any atom is -0.355 e. The molecular weight excluding hydrogens is 1030 g/mol. The van der Waals surface area contributed by atoms with Crippen LogP contribution >= 0.6 is 0 Å². The average Bonchev–Trinajstić information content (AvgIpc) is 4.13. The number of rotatable bonds is 4. The fraction of sp³-hybridized carbons (Fsp3) is 0. The summed E-state index contributed by atoms with van der Waals surface area (Å²) >= 11 is 0. The van der Waals surface area contributed by atoms with Crippen molar-refractivity contribution in [1.82, 2.24) is 19.9 Å². The Bertz CT molecular complexity index is 3590. The third-order valence-corrected chi connectivity index (χ3v) is 10.5. The Labute approximate surface area is 380 Å². The van der Waals surface area contributed by atoms with Gasteiger partial charge in [0.1, 0.15) is 0 Å². The molecule has 9 rings (SSSR count). The van der Waals surface area contributed by atoms with Crippen LogP contribution in [-0.2, 0) is 19.5 Å². The molecule has 2 N–H and O–H groups in total. The second-order valence-corrected chi connectivity index (χ2v) is 14.4. The van der Waals surface area contributed by atoms with Crippen LogP contribution in [-0.4, -0.2) is 19.9 Å². The van der Waals surface area contributed by atoms with Crippen LogP contribution in [0.15, 0.2) is 30.3 Å². The second-order valence-electron chi connectivity index (χ2n) is 14.4. The minimum atomic E-state index is -3.05. The first-order valence-electron chi connectivity index (χ1n) is 18.3. The molecule has 5 heterocycles. The Kier molecular flexibility index (Phi) is 11.9. The Balaban J connectivity index is 0.00000642. The number of hydrogen-bond donors (Lipinski definition) is 2. The molecule has 0 amide bonds. The van der Waals surface area contributed by atoms with Crippen LogP contribution < -0.4 is 0 Å². The van der Waals surface area contributed by atoms with Crippen LogP contribution in [0.4, 0.5) is 87.8 Å². The topological polar surface area (TPSA) is 57.4 Å². The SMILES string of the molecule is Fc1c(F)c(F)c(C2=Cc3cc4ccc(cc5nc(cc6[nH]c(c(-c7c(F)c(F)c(F)c(F)c7F)c2n3)c(-c2c(F)c(F)c(F)c(F)c2F)c6-c2c(F)c(F)c(F)c(F)c2F)C=C5)[nH]4)c(F)c1F.[Zn]. The van der Waals surface area contributed by atoms with E-state index in [2.05, 4.69) is 15.0 Å². The molecule has 0 spiro atoms. The molecule has 0 aliphatic carbocycles. The van der Waals surface area contributed by atoms with E-state index in [0.717, 1.165) is 12.1 Å². The van der Waals surface area contributed by atoms with Gasteiger partial charge in [0, 0.05) is 58.3 Å². The van der Waals surface area contributed by atoms with Gasteiger partial charge < -0.3 is 9.97 Å². The summed E-state index contributed by atoms with van der Waals surface area (Å²) in [5, 5.41) is 0. The molecule has 2 aliphatic rings. The summed E-state index contributed by atoms with van der Waals surface area (Å²) in [6.07, 6.45) is 2.52. The van der Waals surface area contributed by atoms with Gasteiger partial charge in [0.05, 0.1) is 50.5 Å². The number of hydrogen-bond acceptors (Lipinski definition) is 2. The van der Waals surface area contributed by atoms with Crippen LogP contribution in [0.25, 0.3) is 79.2 Å². The van der Waals surface area contributed by atoms with E-state index in [1.165, 1.54) is 24.3 Å². The Morgan fingerprint density at radius 2 is 0.638 bits per heavy atom. The molecule has 0 radical (unpaired) electrons. The normalized spacial score (nSPS) is 12.3. The average molecular weight is 1040 g/mol. The fourth-order valence-corrected chi connectivity index (χ4v) is 7.51. The fourth-order valence-electron chi connectivity index (χ4n) is 7.51. The van der Waals surface area contributed by atoms with Gasteiger partial charge in [-0.2, -0.15) is 0 Å². The van der Waals surface area contributed by atoms with E-state index < -0.39 is 189 Å². The Hall–Kier alpha value is -7.30. The smallest absolute Gasteiger partial charge is 0.200 e. The van der Waals surface area contributed by atoms with Gasteiger partial charge >= 0.3 is 0 Å². The molecule has 0 fully saturated rings. The zero-order valence-corrected chi connectivity index (χ0v) is 35.7. The van der Waals surface area contributed by atoms with E-state index in [4.69, 9.17) is 0 Å². The van der Waals surface area contributed by atoms with E-state index >= 15 is 61.5 Å². The van der Waals surface area contributed by atoms with Crippen LogP contribution in [0.2, 0.25) is 0 Å². The van der Waals surface area contributed by atoms with Gasteiger partial charge in [-0.25, -0.2) is 97.8 Å². The van der Waals surface area contributed by atoms with Crippen molar-refractivity contribution in [3.63, 3.8) is 0 Å². The zero-order chi connectivity index (χ0) is 49.3. The van der Waals surface area contributed by atoms with Crippen molar-refractivity contribution < 1.29 is 107 Å². The van der Waals surface area contributed by atoms with Crippen molar-refractivity contribution in [2.24, 2.45) is 0 Å². The van der Waals surface area contributed by atoms with Gasteiger partial charge in [0.15, 0.2) is 93.1 Å². The molecule has 2 aliphatic heterocycles. The summed E-state index contributed by atoms with van der Waals surface area (Å²) in [5.41, 5.74) is -24.0. The van der Waals surface area contributed by atoms with Gasteiger partial charge in [0.25, 0.3) is 0 Å². The second kappa shape index (κ2) is 17.0. The monoisotopic (exact) mass is 1040 g/mol. The van der Waals surface area contributed by atoms with E-state index in [0.29, 0.717) is 12.1 Å². The van der Waals surface area contributed by atoms with E-state index in [-0.39, 0.29) is 36.2 Å². The summed E-state index contributed by atoms with van der Waals surface area (Å²) in [6, 6.07) is 5.11. The molecule has 4 nitrogen and oxygen atoms in total. The van der Waals surface area contributed by atoms with E-state index in [9.17, 15) is 26.3 Å². The number of fused-ring (bicyclic) bond motifs is 8. The Morgan fingerprint density at radius 1 is 0.304 bits per heavy atom. The minimum absolute atomic E-state index is 0. The number of nitrogens with one attached hydrogen (secondary N) is 2. The molecule has 8 bridgehead atoms. The van der Waals surface area contributed by atoms with Gasteiger partial charge in [-0.15, -0.1) is 0 Å². The third-order valence-electron chi connectivity index (χ3n) is 10.5. The molecule has 69 heavy (non-hydrogen) atoms. The van der Waals surface area contributed by atoms with Crippen molar-refractivity contribution in [1.29, 1.82) is 0 Å². The molecule has 25 heteroatoms. The van der Waals surface area contributed by atoms with Crippen LogP contribution in [0, 0.1) is 116 Å². The van der Waals surface area contributed by atoms with Crippen LogP contribution in [0.3, 0.4) is 0 Å². The third kappa shape index (κ3) is 7.18. The van der Waals surface area contributed by atoms with E-state index in [1.807, 2.05) is 4.98 Å². The number of aromatic amines is 2. The van der Waals surface area contributed by atoms with Gasteiger partial charge in [-0.3, -0.25) is 0 Å². The maximum atomic E-state index is 16.4. The van der Waals surface area contributed by atoms with Gasteiger partial charge in [0.2, 0.25) is 23.3 Å². The molecule has 4 aromatic carbocycles. The van der Waals surface area contributed by atoms with Crippen molar-refractivity contribution in [3.05, 3.63) is 175 Å². The first-order chi connectivity index (χ1) is 32.0. The van der Waals surface area contributed by atoms with Gasteiger partial charge in [-0.1, -0.05) is 0 Å². The van der Waals surface area contributed by atoms with Gasteiger partial charge in [-0.05, 0) is 48.6 Å². The molecular formula is C44H10F20N4Zn. The summed E-state index contributed by atoms with van der Waals surface area (Å²) in [6.45, 7) is 0. The maximum absolute atomic E-state index is 16.4.